The van der Waals surface area contributed by atoms with E-state index >= 15 is 0 Å². The zero-order chi connectivity index (χ0) is 33.3. The van der Waals surface area contributed by atoms with Crippen LogP contribution in [0.15, 0.2) is 211 Å². The Labute approximate surface area is 279 Å². The lowest BCUT2D eigenvalue weighted by molar-refractivity contribution is 0.461. The standard InChI is InChI=1S/C18H15S.2C6H6O3S.C6H6S/c1-4-10-16(11-5-1)19(17-12-6-2-7-13-17)18-14-8-3-9-15-18;2*7-10(8,9)6-4-2-1-3-5-6;7-6-4-2-1-3-5-6/h1-15H;2*1-5H,(H,7,8,9);1-5,7H/q+1;;;/p-1. The molecule has 0 bridgehead atoms. The highest BCUT2D eigenvalue weighted by Crippen LogP contribution is 2.30. The van der Waals surface area contributed by atoms with Crippen LogP contribution in [0.25, 0.3) is 0 Å². The molecule has 10 heteroatoms. The minimum absolute atomic E-state index is 0.0146. The lowest BCUT2D eigenvalue weighted by Gasteiger charge is -2.07. The second-order valence-electron chi connectivity index (χ2n) is 9.15. The third-order valence-corrected chi connectivity index (χ3v) is 10.0. The average molecular weight is 689 g/mol. The molecular formula is C36H32O6S4. The zero-order valence-corrected chi connectivity index (χ0v) is 27.9. The molecule has 0 amide bonds. The molecule has 0 spiro atoms. The van der Waals surface area contributed by atoms with Crippen molar-refractivity contribution in [2.45, 2.75) is 29.4 Å². The molecule has 6 aromatic carbocycles. The zero-order valence-electron chi connectivity index (χ0n) is 24.5. The van der Waals surface area contributed by atoms with Gasteiger partial charge in [-0.15, -0.1) is 0 Å². The first-order valence-corrected chi connectivity index (χ1v) is 18.3. The predicted molar refractivity (Wildman–Crippen MR) is 185 cm³/mol. The Kier molecular flexibility index (Phi) is 14.8. The molecule has 6 aromatic rings. The van der Waals surface area contributed by atoms with E-state index in [1.54, 1.807) is 12.1 Å². The maximum Gasteiger partial charge on any atom is 0.166 e. The normalized spacial score (nSPS) is 10.6. The van der Waals surface area contributed by atoms with Crippen molar-refractivity contribution in [2.75, 3.05) is 0 Å². The largest absolute Gasteiger partial charge is 0.744 e. The first-order chi connectivity index (χ1) is 22.1. The second kappa shape index (κ2) is 18.7. The van der Waals surface area contributed by atoms with Gasteiger partial charge in [0.2, 0.25) is 0 Å². The monoisotopic (exact) mass is 688 g/mol. The summed E-state index contributed by atoms with van der Waals surface area (Å²) in [6.45, 7) is 0. The van der Waals surface area contributed by atoms with Crippen LogP contribution in [-0.2, 0) is 43.8 Å². The van der Waals surface area contributed by atoms with Crippen LogP contribution in [0.2, 0.25) is 0 Å². The molecule has 6 rings (SSSR count). The van der Waals surface area contributed by atoms with Crippen LogP contribution in [0, 0.1) is 0 Å². The molecule has 0 atom stereocenters. The number of rotatable bonds is 5. The molecule has 0 fully saturated rings. The van der Waals surface area contributed by atoms with Gasteiger partial charge in [0.15, 0.2) is 14.7 Å². The van der Waals surface area contributed by atoms with E-state index in [0.717, 1.165) is 4.90 Å². The summed E-state index contributed by atoms with van der Waals surface area (Å²) in [6.07, 6.45) is 0. The van der Waals surface area contributed by atoms with Crippen molar-refractivity contribution < 1.29 is 25.9 Å². The highest BCUT2D eigenvalue weighted by Gasteiger charge is 2.27. The van der Waals surface area contributed by atoms with Crippen LogP contribution in [0.3, 0.4) is 0 Å². The summed E-state index contributed by atoms with van der Waals surface area (Å²) in [5.41, 5.74) is 0. The molecule has 0 aromatic heterocycles. The fourth-order valence-electron chi connectivity index (χ4n) is 3.69. The molecule has 0 unspecified atom stereocenters. The molecule has 46 heavy (non-hydrogen) atoms. The highest BCUT2D eigenvalue weighted by atomic mass is 32.2. The van der Waals surface area contributed by atoms with E-state index in [0.29, 0.717) is 0 Å². The second-order valence-corrected chi connectivity index (χ2v) is 14.5. The highest BCUT2D eigenvalue weighted by molar-refractivity contribution is 7.97. The van der Waals surface area contributed by atoms with E-state index in [1.165, 1.54) is 63.2 Å². The third kappa shape index (κ3) is 13.1. The summed E-state index contributed by atoms with van der Waals surface area (Å²) in [4.78, 5) is 4.84. The van der Waals surface area contributed by atoms with Gasteiger partial charge < -0.3 is 9.11 Å². The molecule has 0 radical (unpaired) electrons. The van der Waals surface area contributed by atoms with Gasteiger partial charge in [0, 0.05) is 0 Å². The topological polar surface area (TPSA) is 114 Å². The van der Waals surface area contributed by atoms with Crippen molar-refractivity contribution >= 4 is 43.8 Å². The molecule has 236 valence electrons. The smallest absolute Gasteiger partial charge is 0.166 e. The van der Waals surface area contributed by atoms with Crippen LogP contribution < -0.4 is 0 Å². The van der Waals surface area contributed by atoms with Crippen LogP contribution in [-0.4, -0.2) is 25.9 Å². The van der Waals surface area contributed by atoms with E-state index in [9.17, 15) is 25.9 Å². The van der Waals surface area contributed by atoms with Crippen LogP contribution in [0.5, 0.6) is 0 Å². The Balaban J connectivity index is 0.000000182. The third-order valence-electron chi connectivity index (χ3n) is 5.77. The molecule has 0 aliphatic rings. The molecule has 0 heterocycles. The van der Waals surface area contributed by atoms with Crippen molar-refractivity contribution in [1.29, 1.82) is 0 Å². The van der Waals surface area contributed by atoms with E-state index in [4.69, 9.17) is 0 Å². The van der Waals surface area contributed by atoms with E-state index in [-0.39, 0.29) is 20.7 Å². The summed E-state index contributed by atoms with van der Waals surface area (Å²) in [6, 6.07) is 56.5. The molecule has 0 aliphatic heterocycles. The summed E-state index contributed by atoms with van der Waals surface area (Å²) in [5, 5.41) is 0. The van der Waals surface area contributed by atoms with E-state index < -0.39 is 20.2 Å². The number of hydrogen-bond donors (Lipinski definition) is 0. The van der Waals surface area contributed by atoms with Crippen LogP contribution in [0.4, 0.5) is 0 Å². The number of hydrogen-bond acceptors (Lipinski definition) is 6. The van der Waals surface area contributed by atoms with Gasteiger partial charge >= 0.3 is 0 Å². The lowest BCUT2D eigenvalue weighted by atomic mass is 10.4. The van der Waals surface area contributed by atoms with Gasteiger partial charge in [-0.1, -0.05) is 109 Å². The van der Waals surface area contributed by atoms with Crippen molar-refractivity contribution in [1.82, 2.24) is 0 Å². The Morgan fingerprint density at radius 2 is 0.587 bits per heavy atom. The quantitative estimate of drug-likeness (QED) is 0.142. The lowest BCUT2D eigenvalue weighted by Crippen LogP contribution is -2.04. The van der Waals surface area contributed by atoms with Crippen LogP contribution in [0.1, 0.15) is 0 Å². The molecular weight excluding hydrogens is 657 g/mol. The molecule has 0 N–H and O–H groups in total. The van der Waals surface area contributed by atoms with Crippen molar-refractivity contribution in [3.8, 4) is 0 Å². The summed E-state index contributed by atoms with van der Waals surface area (Å²) >= 11 is 3.36. The summed E-state index contributed by atoms with van der Waals surface area (Å²) in [7, 11) is -8.52. The minimum atomic E-state index is -4.25. The van der Waals surface area contributed by atoms with E-state index in [1.807, 2.05) is 30.3 Å². The maximum atomic E-state index is 10.3. The SMILES string of the molecule is O=S(=O)([O-])c1ccccc1.O=S(=O)([O-])c1ccccc1.[SH2+]c1ccccc1.c1ccc([S+](c2ccccc2)c2ccccc2)cc1. The molecule has 0 aliphatic carbocycles. The average Bonchev–Trinajstić information content (AvgIpc) is 3.08. The fourth-order valence-corrected chi connectivity index (χ4v) is 6.97. The Morgan fingerprint density at radius 3 is 0.761 bits per heavy atom. The van der Waals surface area contributed by atoms with Gasteiger partial charge in [0.1, 0.15) is 25.1 Å². The number of benzene rings is 6. The predicted octanol–water partition coefficient (Wildman–Crippen LogP) is 7.02. The van der Waals surface area contributed by atoms with Crippen LogP contribution >= 0.6 is 0 Å². The molecule has 0 saturated heterocycles. The van der Waals surface area contributed by atoms with E-state index in [2.05, 4.69) is 104 Å². The summed E-state index contributed by atoms with van der Waals surface area (Å²) < 4.78 is 61.7. The van der Waals surface area contributed by atoms with Crippen molar-refractivity contribution in [3.63, 3.8) is 0 Å². The van der Waals surface area contributed by atoms with Crippen molar-refractivity contribution in [2.24, 2.45) is 0 Å². The Hall–Kier alpha value is -4.16. The van der Waals surface area contributed by atoms with Gasteiger partial charge in [0.05, 0.1) is 20.7 Å². The maximum absolute atomic E-state index is 10.3. The minimum Gasteiger partial charge on any atom is -0.744 e. The van der Waals surface area contributed by atoms with Gasteiger partial charge in [-0.05, 0) is 85.4 Å². The first-order valence-electron chi connectivity index (χ1n) is 13.7. The molecule has 0 saturated carbocycles. The fraction of sp³-hybridized carbons (Fsp3) is 0. The van der Waals surface area contributed by atoms with Gasteiger partial charge in [0.25, 0.3) is 0 Å². The Bertz CT molecular complexity index is 1750. The first kappa shape index (κ1) is 36.3. The summed E-state index contributed by atoms with van der Waals surface area (Å²) in [5.74, 6) is 0. The van der Waals surface area contributed by atoms with Gasteiger partial charge in [-0.25, -0.2) is 16.8 Å². The Morgan fingerprint density at radius 1 is 0.370 bits per heavy atom. The van der Waals surface area contributed by atoms with Gasteiger partial charge in [-0.3, -0.25) is 0 Å². The van der Waals surface area contributed by atoms with Gasteiger partial charge in [-0.2, -0.15) is 0 Å². The van der Waals surface area contributed by atoms with Crippen molar-refractivity contribution in [3.05, 3.63) is 182 Å². The molecule has 6 nitrogen and oxygen atoms in total.